The Bertz CT molecular complexity index is 95.8. The molecule has 5 heteroatoms. The Morgan fingerprint density at radius 3 is 2.00 bits per heavy atom. The first-order valence-electron chi connectivity index (χ1n) is 3.03. The Balaban J connectivity index is 2.44. The first-order valence-corrected chi connectivity index (χ1v) is 3.85. The van der Waals surface area contributed by atoms with Crippen molar-refractivity contribution in [3.05, 3.63) is 0 Å². The number of aliphatic hydroxyl groups is 2. The molecule has 1 saturated heterocycles. The largest absolute Gasteiger partial charge is 0.396 e. The zero-order valence-corrected chi connectivity index (χ0v) is 6.54. The third kappa shape index (κ3) is 1.65. The van der Waals surface area contributed by atoms with Crippen LogP contribution in [0.1, 0.15) is 0 Å². The molecule has 2 N–H and O–H groups in total. The van der Waals surface area contributed by atoms with Crippen LogP contribution in [-0.4, -0.2) is 36.6 Å². The van der Waals surface area contributed by atoms with Gasteiger partial charge in [0.15, 0.2) is 9.03 Å². The van der Waals surface area contributed by atoms with E-state index in [1.807, 2.05) is 0 Å². The van der Waals surface area contributed by atoms with Crippen LogP contribution in [0, 0.1) is 5.41 Å². The zero-order chi connectivity index (χ0) is 7.45. The van der Waals surface area contributed by atoms with Crippen molar-refractivity contribution in [1.82, 2.24) is 0 Å². The lowest BCUT2D eigenvalue weighted by atomic mass is 9.93. The number of hydrogen-bond acceptors (Lipinski definition) is 4. The molecule has 0 spiro atoms. The highest BCUT2D eigenvalue weighted by Crippen LogP contribution is 2.30. The van der Waals surface area contributed by atoms with Gasteiger partial charge in [-0.05, 0) is 0 Å². The molecule has 4 nitrogen and oxygen atoms in total. The minimum absolute atomic E-state index is 0.0523. The van der Waals surface area contributed by atoms with Gasteiger partial charge in [0.05, 0.1) is 31.8 Å². The predicted octanol–water partition coefficient (Wildman–Crippen LogP) is -0.487. The molecule has 1 aliphatic heterocycles. The molecule has 0 aromatic carbocycles. The maximum Gasteiger partial charge on any atom is 0.155 e. The van der Waals surface area contributed by atoms with E-state index in [0.717, 1.165) is 0 Å². The van der Waals surface area contributed by atoms with Crippen LogP contribution in [0.5, 0.6) is 0 Å². The van der Waals surface area contributed by atoms with Gasteiger partial charge in [0.25, 0.3) is 0 Å². The van der Waals surface area contributed by atoms with E-state index in [9.17, 15) is 0 Å². The van der Waals surface area contributed by atoms with Gasteiger partial charge < -0.3 is 19.3 Å². The van der Waals surface area contributed by atoms with Crippen molar-refractivity contribution in [2.24, 2.45) is 5.41 Å². The van der Waals surface area contributed by atoms with Crippen LogP contribution in [-0.2, 0) is 9.05 Å². The van der Waals surface area contributed by atoms with Gasteiger partial charge >= 0.3 is 0 Å². The van der Waals surface area contributed by atoms with Crippen LogP contribution in [0.4, 0.5) is 0 Å². The maximum atomic E-state index is 8.82. The molecule has 0 radical (unpaired) electrons. The minimum atomic E-state index is -0.564. The molecular formula is C5H11O4P. The normalized spacial score (nSPS) is 24.6. The standard InChI is InChI=1S/C5H11O4P/c6-1-5(2-7)3-8-10-9-4-5/h6-7,10H,1-4H2. The Morgan fingerprint density at radius 1 is 1.20 bits per heavy atom. The summed E-state index contributed by atoms with van der Waals surface area (Å²) in [6, 6.07) is 0. The third-order valence-corrected chi connectivity index (χ3v) is 2.07. The fourth-order valence-electron chi connectivity index (χ4n) is 0.681. The average molecular weight is 166 g/mol. The van der Waals surface area contributed by atoms with Gasteiger partial charge in [-0.1, -0.05) is 0 Å². The summed E-state index contributed by atoms with van der Waals surface area (Å²) >= 11 is 0. The first kappa shape index (κ1) is 8.37. The molecule has 10 heavy (non-hydrogen) atoms. The molecule has 0 unspecified atom stereocenters. The first-order chi connectivity index (χ1) is 4.83. The predicted molar refractivity (Wildman–Crippen MR) is 36.8 cm³/mol. The molecular weight excluding hydrogens is 155 g/mol. The number of rotatable bonds is 2. The fraction of sp³-hybridized carbons (Fsp3) is 1.00. The molecule has 60 valence electrons. The summed E-state index contributed by atoms with van der Waals surface area (Å²) in [5.41, 5.74) is -0.564. The second kappa shape index (κ2) is 3.60. The molecule has 1 rings (SSSR count). The van der Waals surface area contributed by atoms with Crippen LogP contribution in [0.25, 0.3) is 0 Å². The van der Waals surface area contributed by atoms with Crippen LogP contribution < -0.4 is 0 Å². The SMILES string of the molecule is OCC1(CO)COPOC1. The highest BCUT2D eigenvalue weighted by Gasteiger charge is 2.32. The Labute approximate surface area is 61.1 Å². The van der Waals surface area contributed by atoms with E-state index in [1.54, 1.807) is 0 Å². The summed E-state index contributed by atoms with van der Waals surface area (Å²) in [4.78, 5) is 0. The summed E-state index contributed by atoms with van der Waals surface area (Å²) in [7, 11) is 0.0523. The number of hydrogen-bond donors (Lipinski definition) is 2. The maximum absolute atomic E-state index is 8.82. The van der Waals surface area contributed by atoms with Gasteiger partial charge in [-0.3, -0.25) is 0 Å². The lowest BCUT2D eigenvalue weighted by Crippen LogP contribution is -2.40. The minimum Gasteiger partial charge on any atom is -0.396 e. The van der Waals surface area contributed by atoms with Crippen molar-refractivity contribution >= 4 is 9.03 Å². The van der Waals surface area contributed by atoms with E-state index in [-0.39, 0.29) is 22.2 Å². The van der Waals surface area contributed by atoms with Gasteiger partial charge in [-0.15, -0.1) is 0 Å². The second-order valence-electron chi connectivity index (χ2n) is 2.48. The van der Waals surface area contributed by atoms with Crippen molar-refractivity contribution in [2.45, 2.75) is 0 Å². The molecule has 0 aromatic rings. The average Bonchev–Trinajstić information content (AvgIpc) is 2.06. The van der Waals surface area contributed by atoms with Crippen LogP contribution in [0.2, 0.25) is 0 Å². The monoisotopic (exact) mass is 166 g/mol. The summed E-state index contributed by atoms with van der Waals surface area (Å²) in [5.74, 6) is 0. The van der Waals surface area contributed by atoms with E-state index >= 15 is 0 Å². The van der Waals surface area contributed by atoms with Crippen LogP contribution >= 0.6 is 9.03 Å². The zero-order valence-electron chi connectivity index (χ0n) is 5.54. The van der Waals surface area contributed by atoms with Crippen molar-refractivity contribution in [3.8, 4) is 0 Å². The quantitative estimate of drug-likeness (QED) is 0.543. The van der Waals surface area contributed by atoms with E-state index in [0.29, 0.717) is 13.2 Å². The van der Waals surface area contributed by atoms with Gasteiger partial charge in [-0.25, -0.2) is 0 Å². The number of aliphatic hydroxyl groups excluding tert-OH is 2. The summed E-state index contributed by atoms with van der Waals surface area (Å²) in [5, 5.41) is 17.6. The summed E-state index contributed by atoms with van der Waals surface area (Å²) < 4.78 is 9.91. The molecule has 0 atom stereocenters. The molecule has 0 aromatic heterocycles. The van der Waals surface area contributed by atoms with E-state index < -0.39 is 5.41 Å². The highest BCUT2D eigenvalue weighted by atomic mass is 31.1. The van der Waals surface area contributed by atoms with Crippen LogP contribution in [0.3, 0.4) is 0 Å². The Kier molecular flexibility index (Phi) is 3.01. The van der Waals surface area contributed by atoms with Crippen LogP contribution in [0.15, 0.2) is 0 Å². The van der Waals surface area contributed by atoms with Gasteiger partial charge in [0.1, 0.15) is 0 Å². The Hall–Kier alpha value is 0.270. The van der Waals surface area contributed by atoms with E-state index in [1.165, 1.54) is 0 Å². The molecule has 0 aliphatic carbocycles. The molecule has 1 heterocycles. The smallest absolute Gasteiger partial charge is 0.155 e. The lowest BCUT2D eigenvalue weighted by molar-refractivity contribution is -0.0389. The highest BCUT2D eigenvalue weighted by molar-refractivity contribution is 7.26. The summed E-state index contributed by atoms with van der Waals surface area (Å²) in [6.45, 7) is 0.596. The van der Waals surface area contributed by atoms with Crippen molar-refractivity contribution in [1.29, 1.82) is 0 Å². The van der Waals surface area contributed by atoms with Crippen molar-refractivity contribution in [3.63, 3.8) is 0 Å². The van der Waals surface area contributed by atoms with E-state index in [2.05, 4.69) is 0 Å². The lowest BCUT2D eigenvalue weighted by Gasteiger charge is -2.32. The van der Waals surface area contributed by atoms with Gasteiger partial charge in [0, 0.05) is 0 Å². The van der Waals surface area contributed by atoms with Gasteiger partial charge in [0.2, 0.25) is 0 Å². The van der Waals surface area contributed by atoms with Crippen molar-refractivity contribution < 1.29 is 19.3 Å². The topological polar surface area (TPSA) is 58.9 Å². The summed E-state index contributed by atoms with van der Waals surface area (Å²) in [6.07, 6.45) is 0. The molecule has 0 amide bonds. The van der Waals surface area contributed by atoms with Crippen molar-refractivity contribution in [2.75, 3.05) is 26.4 Å². The van der Waals surface area contributed by atoms with Gasteiger partial charge in [-0.2, -0.15) is 0 Å². The molecule has 1 aliphatic rings. The molecule has 0 bridgehead atoms. The molecule has 1 fully saturated rings. The fourth-order valence-corrected chi connectivity index (χ4v) is 1.49. The third-order valence-electron chi connectivity index (χ3n) is 1.55. The second-order valence-corrected chi connectivity index (χ2v) is 3.22. The van der Waals surface area contributed by atoms with E-state index in [4.69, 9.17) is 19.3 Å². The molecule has 0 saturated carbocycles. The Morgan fingerprint density at radius 2 is 1.70 bits per heavy atom.